The first-order valence-electron chi connectivity index (χ1n) is 13.2. The molecule has 11 heteroatoms. The molecule has 0 bridgehead atoms. The van der Waals surface area contributed by atoms with Crippen LogP contribution in [0.4, 0.5) is 28.7 Å². The molecular weight excluding hydrogens is 506 g/mol. The highest BCUT2D eigenvalue weighted by Crippen LogP contribution is 2.29. The van der Waals surface area contributed by atoms with Crippen LogP contribution < -0.4 is 20.4 Å². The number of nitrogens with zero attached hydrogens (tertiary/aromatic N) is 6. The molecule has 1 aliphatic heterocycles. The highest BCUT2D eigenvalue weighted by Gasteiger charge is 2.25. The Morgan fingerprint density at radius 1 is 0.950 bits per heavy atom. The number of rotatable bonds is 8. The lowest BCUT2D eigenvalue weighted by molar-refractivity contribution is -0.116. The number of amides is 2. The molecule has 2 aromatic heterocycles. The van der Waals surface area contributed by atoms with Crippen molar-refractivity contribution in [1.29, 1.82) is 0 Å². The summed E-state index contributed by atoms with van der Waals surface area (Å²) >= 11 is 0. The molecule has 0 spiro atoms. The maximum atomic E-state index is 13.2. The second-order valence-electron chi connectivity index (χ2n) is 10.4. The van der Waals surface area contributed by atoms with E-state index in [1.54, 1.807) is 6.20 Å². The highest BCUT2D eigenvalue weighted by molar-refractivity contribution is 5.96. The van der Waals surface area contributed by atoms with Gasteiger partial charge in [-0.3, -0.25) is 14.7 Å². The summed E-state index contributed by atoms with van der Waals surface area (Å²) in [6.07, 6.45) is 1.78. The van der Waals surface area contributed by atoms with Crippen LogP contribution in [0.3, 0.4) is 0 Å². The number of carbonyl (C=O) groups is 2. The average Bonchev–Trinajstić information content (AvgIpc) is 3.41. The van der Waals surface area contributed by atoms with Crippen molar-refractivity contribution in [3.63, 3.8) is 0 Å². The molecule has 0 saturated carbocycles. The van der Waals surface area contributed by atoms with E-state index in [2.05, 4.69) is 25.7 Å². The molecule has 1 fully saturated rings. The van der Waals surface area contributed by atoms with Crippen LogP contribution in [-0.2, 0) is 4.79 Å². The number of hydrogen-bond acceptors (Lipinski definition) is 8. The predicted octanol–water partition coefficient (Wildman–Crippen LogP) is 3.23. The fraction of sp³-hybridized carbons (Fsp3) is 0.310. The van der Waals surface area contributed by atoms with Gasteiger partial charge < -0.3 is 30.2 Å². The van der Waals surface area contributed by atoms with E-state index in [1.807, 2.05) is 97.5 Å². The van der Waals surface area contributed by atoms with Crippen LogP contribution >= 0.6 is 0 Å². The number of hydrogen-bond donors (Lipinski definition) is 3. The smallest absolute Gasteiger partial charge is 0.253 e. The number of likely N-dealkylation sites (N-methyl/N-ethyl adjacent to an activating group) is 1. The number of pyridine rings is 1. The standard InChI is InChI=1S/C29H35N9O2/c1-35(2)19-27(39)32-25-11-12-26(31-22-7-10-24-21(17-22)18-30-34-24)33-28(25)37-13-15-38(16-14-37)29(40)20-5-8-23(9-6-20)36(3)4/h5-12,17-18H,13-16,19H2,1-4H3,(H,30,34)(H,31,33)(H,32,39). The van der Waals surface area contributed by atoms with Crippen LogP contribution in [0.15, 0.2) is 60.8 Å². The van der Waals surface area contributed by atoms with Gasteiger partial charge in [-0.2, -0.15) is 5.10 Å². The van der Waals surface area contributed by atoms with Gasteiger partial charge in [0.15, 0.2) is 5.82 Å². The Kier molecular flexibility index (Phi) is 7.83. The number of fused-ring (bicyclic) bond motifs is 1. The van der Waals surface area contributed by atoms with Crippen molar-refractivity contribution in [3.05, 3.63) is 66.4 Å². The first-order valence-corrected chi connectivity index (χ1v) is 13.2. The maximum absolute atomic E-state index is 13.2. The summed E-state index contributed by atoms with van der Waals surface area (Å²) in [7, 11) is 7.66. The molecule has 0 radical (unpaired) electrons. The number of benzene rings is 2. The van der Waals surface area contributed by atoms with Crippen LogP contribution in [0.2, 0.25) is 0 Å². The quantitative estimate of drug-likeness (QED) is 0.312. The van der Waals surface area contributed by atoms with Gasteiger partial charge in [0.25, 0.3) is 5.91 Å². The SMILES string of the molecule is CN(C)CC(=O)Nc1ccc(Nc2ccc3[nH]ncc3c2)nc1N1CCN(C(=O)c2ccc(N(C)C)cc2)CC1. The topological polar surface area (TPSA) is 113 Å². The molecule has 2 aromatic carbocycles. The van der Waals surface area contributed by atoms with Gasteiger partial charge in [-0.1, -0.05) is 0 Å². The van der Waals surface area contributed by atoms with Crippen molar-refractivity contribution in [2.24, 2.45) is 0 Å². The number of nitrogens with one attached hydrogen (secondary N) is 3. The van der Waals surface area contributed by atoms with E-state index in [0.717, 1.165) is 22.3 Å². The van der Waals surface area contributed by atoms with Gasteiger partial charge in [0, 0.05) is 62.6 Å². The molecule has 40 heavy (non-hydrogen) atoms. The minimum absolute atomic E-state index is 0.0162. The van der Waals surface area contributed by atoms with E-state index in [-0.39, 0.29) is 18.4 Å². The normalized spacial score (nSPS) is 13.5. The summed E-state index contributed by atoms with van der Waals surface area (Å²) in [5, 5.41) is 14.4. The van der Waals surface area contributed by atoms with Crippen LogP contribution in [0.5, 0.6) is 0 Å². The molecule has 208 valence electrons. The van der Waals surface area contributed by atoms with E-state index < -0.39 is 0 Å². The lowest BCUT2D eigenvalue weighted by Crippen LogP contribution is -2.49. The van der Waals surface area contributed by atoms with Gasteiger partial charge >= 0.3 is 0 Å². The van der Waals surface area contributed by atoms with Crippen LogP contribution in [0.1, 0.15) is 10.4 Å². The van der Waals surface area contributed by atoms with Crippen molar-refractivity contribution < 1.29 is 9.59 Å². The number of aromatic amines is 1. The first-order chi connectivity index (χ1) is 19.3. The third-order valence-corrected chi connectivity index (χ3v) is 6.82. The summed E-state index contributed by atoms with van der Waals surface area (Å²) < 4.78 is 0. The molecule has 1 saturated heterocycles. The predicted molar refractivity (Wildman–Crippen MR) is 160 cm³/mol. The van der Waals surface area contributed by atoms with E-state index in [9.17, 15) is 9.59 Å². The van der Waals surface area contributed by atoms with Crippen LogP contribution in [0.25, 0.3) is 10.9 Å². The van der Waals surface area contributed by atoms with Crippen molar-refractivity contribution in [3.8, 4) is 0 Å². The van der Waals surface area contributed by atoms with Gasteiger partial charge in [0.2, 0.25) is 5.91 Å². The number of carbonyl (C=O) groups excluding carboxylic acids is 2. The Hall–Kier alpha value is -4.64. The Bertz CT molecular complexity index is 1490. The second kappa shape index (κ2) is 11.6. The summed E-state index contributed by atoms with van der Waals surface area (Å²) in [6, 6.07) is 17.3. The molecule has 3 N–H and O–H groups in total. The van der Waals surface area contributed by atoms with Gasteiger partial charge in [0.1, 0.15) is 5.82 Å². The Balaban J connectivity index is 1.33. The molecule has 5 rings (SSSR count). The van der Waals surface area contributed by atoms with Crippen LogP contribution in [-0.4, -0.2) is 97.7 Å². The minimum Gasteiger partial charge on any atom is -0.378 e. The van der Waals surface area contributed by atoms with E-state index in [0.29, 0.717) is 49.1 Å². The number of aromatic nitrogens is 3. The number of anilines is 5. The van der Waals surface area contributed by atoms with Gasteiger partial charge in [-0.05, 0) is 68.7 Å². The highest BCUT2D eigenvalue weighted by atomic mass is 16.2. The number of piperazine rings is 1. The number of H-pyrrole nitrogens is 1. The summed E-state index contributed by atoms with van der Waals surface area (Å²) in [4.78, 5) is 38.5. The molecule has 11 nitrogen and oxygen atoms in total. The van der Waals surface area contributed by atoms with E-state index >= 15 is 0 Å². The summed E-state index contributed by atoms with van der Waals surface area (Å²) in [5.41, 5.74) is 4.21. The van der Waals surface area contributed by atoms with Crippen LogP contribution in [0, 0.1) is 0 Å². The fourth-order valence-corrected chi connectivity index (χ4v) is 4.71. The van der Waals surface area contributed by atoms with Crippen molar-refractivity contribution in [1.82, 2.24) is 25.0 Å². The zero-order valence-electron chi connectivity index (χ0n) is 23.3. The molecular formula is C29H35N9O2. The van der Waals surface area contributed by atoms with E-state index in [1.165, 1.54) is 0 Å². The second-order valence-corrected chi connectivity index (χ2v) is 10.4. The Morgan fingerprint density at radius 3 is 2.40 bits per heavy atom. The Morgan fingerprint density at radius 2 is 1.70 bits per heavy atom. The summed E-state index contributed by atoms with van der Waals surface area (Å²) in [6.45, 7) is 2.55. The molecule has 0 atom stereocenters. The van der Waals surface area contributed by atoms with E-state index in [4.69, 9.17) is 4.98 Å². The largest absolute Gasteiger partial charge is 0.378 e. The molecule has 0 unspecified atom stereocenters. The lowest BCUT2D eigenvalue weighted by Gasteiger charge is -2.36. The van der Waals surface area contributed by atoms with Crippen molar-refractivity contribution >= 4 is 51.4 Å². The average molecular weight is 542 g/mol. The summed E-state index contributed by atoms with van der Waals surface area (Å²) in [5.74, 6) is 1.23. The van der Waals surface area contributed by atoms with Crippen molar-refractivity contribution in [2.45, 2.75) is 0 Å². The molecule has 4 aromatic rings. The molecule has 1 aliphatic rings. The maximum Gasteiger partial charge on any atom is 0.253 e. The fourth-order valence-electron chi connectivity index (χ4n) is 4.71. The van der Waals surface area contributed by atoms with Gasteiger partial charge in [-0.25, -0.2) is 4.98 Å². The zero-order valence-corrected chi connectivity index (χ0v) is 23.3. The third-order valence-electron chi connectivity index (χ3n) is 6.82. The molecule has 0 aliphatic carbocycles. The molecule has 3 heterocycles. The Labute approximate surface area is 233 Å². The van der Waals surface area contributed by atoms with Crippen molar-refractivity contribution in [2.75, 3.05) is 81.3 Å². The van der Waals surface area contributed by atoms with Gasteiger partial charge in [-0.15, -0.1) is 0 Å². The third kappa shape index (κ3) is 6.15. The molecule has 2 amide bonds. The first kappa shape index (κ1) is 26.9. The lowest BCUT2D eigenvalue weighted by atomic mass is 10.1. The van der Waals surface area contributed by atoms with Gasteiger partial charge in [0.05, 0.1) is 23.9 Å². The minimum atomic E-state index is -0.117. The zero-order chi connectivity index (χ0) is 28.2. The monoisotopic (exact) mass is 541 g/mol.